The molecule has 0 amide bonds. The molecule has 0 fully saturated rings. The molecule has 240 valence electrons. The molecule has 0 unspecified atom stereocenters. The number of nitrogens with zero attached hydrogens (tertiary/aromatic N) is 2. The van der Waals surface area contributed by atoms with Gasteiger partial charge in [0.2, 0.25) is 0 Å². The summed E-state index contributed by atoms with van der Waals surface area (Å²) in [5.74, 6) is 1.92. The molecule has 1 aromatic heterocycles. The monoisotopic (exact) mass is 668 g/mol. The van der Waals surface area contributed by atoms with E-state index in [9.17, 15) is 0 Å². The van der Waals surface area contributed by atoms with Crippen LogP contribution in [0.5, 0.6) is 0 Å². The Labute approximate surface area is 285 Å². The Hall–Kier alpha value is -1.75. The molecule has 3 aromatic rings. The normalized spacial score (nSPS) is 11.0. The number of hydrogen-bond acceptors (Lipinski definition) is 4. The van der Waals surface area contributed by atoms with Crippen LogP contribution in [0.15, 0.2) is 48.7 Å². The molecule has 0 aliphatic heterocycles. The van der Waals surface area contributed by atoms with Gasteiger partial charge < -0.3 is 35.4 Å². The van der Waals surface area contributed by atoms with Crippen molar-refractivity contribution in [2.75, 3.05) is 36.8 Å². The zero-order valence-corrected chi connectivity index (χ0v) is 30.6. The number of hydrogen-bond donors (Lipinski definition) is 2. The van der Waals surface area contributed by atoms with Gasteiger partial charge in [-0.3, -0.25) is 9.88 Å². The van der Waals surface area contributed by atoms with E-state index < -0.39 is 0 Å². The Morgan fingerprint density at radius 3 is 1.30 bits per heavy atom. The summed E-state index contributed by atoms with van der Waals surface area (Å²) in [4.78, 5) is 7.16. The van der Waals surface area contributed by atoms with Crippen molar-refractivity contribution in [1.29, 1.82) is 0 Å². The Morgan fingerprint density at radius 1 is 0.628 bits per heavy atom. The fourth-order valence-corrected chi connectivity index (χ4v) is 5.58. The topological polar surface area (TPSA) is 40.2 Å². The predicted molar refractivity (Wildman–Crippen MR) is 175 cm³/mol. The third-order valence-corrected chi connectivity index (χ3v) is 7.75. The van der Waals surface area contributed by atoms with E-state index in [1.807, 2.05) is 12.3 Å². The first-order valence-corrected chi connectivity index (χ1v) is 15.4. The van der Waals surface area contributed by atoms with Gasteiger partial charge in [-0.05, 0) is 71.9 Å². The van der Waals surface area contributed by atoms with E-state index in [1.165, 1.54) is 44.8 Å². The molecule has 0 spiro atoms. The summed E-state index contributed by atoms with van der Waals surface area (Å²) in [6.45, 7) is 27.3. The van der Waals surface area contributed by atoms with Crippen molar-refractivity contribution in [2.45, 2.75) is 99.5 Å². The van der Waals surface area contributed by atoms with Gasteiger partial charge >= 0.3 is 17.1 Å². The molecule has 0 saturated heterocycles. The second-order valence-corrected chi connectivity index (χ2v) is 12.7. The molecule has 0 atom stereocenters. The molecular formula is C36H54Cl2FeN4. The molecule has 2 aromatic carbocycles. The van der Waals surface area contributed by atoms with Gasteiger partial charge in [0.1, 0.15) is 0 Å². The molecule has 3 rings (SSSR count). The van der Waals surface area contributed by atoms with Crippen molar-refractivity contribution in [3.8, 4) is 0 Å². The third kappa shape index (κ3) is 11.9. The molecule has 0 radical (unpaired) electrons. The second-order valence-electron chi connectivity index (χ2n) is 12.7. The van der Waals surface area contributed by atoms with Gasteiger partial charge in [-0.15, -0.1) is 0 Å². The van der Waals surface area contributed by atoms with Crippen LogP contribution in [0.1, 0.15) is 118 Å². The molecule has 0 aliphatic carbocycles. The fraction of sp³-hybridized carbons (Fsp3) is 0.528. The summed E-state index contributed by atoms with van der Waals surface area (Å²) in [7, 11) is 0. The van der Waals surface area contributed by atoms with Gasteiger partial charge in [-0.2, -0.15) is 0 Å². The van der Waals surface area contributed by atoms with Crippen LogP contribution in [0.25, 0.3) is 0 Å². The Balaban J connectivity index is 0.00000588. The quantitative estimate of drug-likeness (QED) is 0.259. The average Bonchev–Trinajstić information content (AvgIpc) is 2.89. The minimum atomic E-state index is 0. The molecule has 43 heavy (non-hydrogen) atoms. The Kier molecular flexibility index (Phi) is 18.8. The third-order valence-electron chi connectivity index (χ3n) is 7.75. The van der Waals surface area contributed by atoms with Crippen LogP contribution in [0.4, 0.5) is 11.4 Å². The summed E-state index contributed by atoms with van der Waals surface area (Å²) in [5, 5.41) is 7.74. The first kappa shape index (κ1) is 41.2. The number of aryl methyl sites for hydroxylation is 2. The summed E-state index contributed by atoms with van der Waals surface area (Å²) in [5.41, 5.74) is 12.1. The van der Waals surface area contributed by atoms with Gasteiger partial charge in [0.15, 0.2) is 0 Å². The molecule has 0 bridgehead atoms. The van der Waals surface area contributed by atoms with Crippen LogP contribution in [0, 0.1) is 13.8 Å². The fourth-order valence-electron chi connectivity index (χ4n) is 5.58. The minimum absolute atomic E-state index is 0. The van der Waals surface area contributed by atoms with E-state index in [0.717, 1.165) is 38.4 Å². The van der Waals surface area contributed by atoms with Crippen molar-refractivity contribution in [2.24, 2.45) is 0 Å². The van der Waals surface area contributed by atoms with Crippen molar-refractivity contribution < 1.29 is 41.9 Å². The first-order chi connectivity index (χ1) is 19.0. The second kappa shape index (κ2) is 19.6. The molecule has 0 saturated carbocycles. The smallest absolute Gasteiger partial charge is 1.00 e. The Morgan fingerprint density at radius 2 is 1.00 bits per heavy atom. The van der Waals surface area contributed by atoms with E-state index in [2.05, 4.69) is 126 Å². The molecular weight excluding hydrogens is 615 g/mol. The number of aromatic nitrogens is 1. The first-order valence-electron chi connectivity index (χ1n) is 15.4. The molecule has 0 aliphatic rings. The maximum atomic E-state index is 4.64. The SMILES string of the molecule is Cc1cc(C(C)C)c(NCCN(CCNc2c(C(C)C)cc(C)cc2C(C)C)Cc2ccccn2)c(C(C)C)c1.[Cl-].[Cl-].[Fe+2]. The number of halogens is 2. The minimum Gasteiger partial charge on any atom is -1.00 e. The molecule has 4 nitrogen and oxygen atoms in total. The van der Waals surface area contributed by atoms with Crippen LogP contribution < -0.4 is 35.4 Å². The number of rotatable bonds is 14. The number of pyridine rings is 1. The van der Waals surface area contributed by atoms with E-state index in [4.69, 9.17) is 0 Å². The number of benzene rings is 2. The van der Waals surface area contributed by atoms with E-state index in [-0.39, 0.29) is 41.9 Å². The summed E-state index contributed by atoms with van der Waals surface area (Å²) < 4.78 is 0. The van der Waals surface area contributed by atoms with Crippen molar-refractivity contribution in [3.05, 3.63) is 87.7 Å². The van der Waals surface area contributed by atoms with Crippen molar-refractivity contribution >= 4 is 11.4 Å². The van der Waals surface area contributed by atoms with E-state index in [0.29, 0.717) is 23.7 Å². The number of anilines is 2. The molecule has 1 heterocycles. The zero-order chi connectivity index (χ0) is 29.4. The van der Waals surface area contributed by atoms with E-state index >= 15 is 0 Å². The van der Waals surface area contributed by atoms with Gasteiger partial charge in [-0.1, -0.05) is 96.8 Å². The molecule has 2 N–H and O–H groups in total. The van der Waals surface area contributed by atoms with Crippen LogP contribution in [0.3, 0.4) is 0 Å². The molecule has 7 heteroatoms. The van der Waals surface area contributed by atoms with Crippen LogP contribution in [-0.4, -0.2) is 36.1 Å². The van der Waals surface area contributed by atoms with Crippen molar-refractivity contribution in [3.63, 3.8) is 0 Å². The predicted octanol–water partition coefficient (Wildman–Crippen LogP) is 3.22. The summed E-state index contributed by atoms with van der Waals surface area (Å²) in [6.07, 6.45) is 1.90. The maximum Gasteiger partial charge on any atom is 2.00 e. The summed E-state index contributed by atoms with van der Waals surface area (Å²) in [6, 6.07) is 15.6. The van der Waals surface area contributed by atoms with E-state index in [1.54, 1.807) is 0 Å². The number of nitrogens with one attached hydrogen (secondary N) is 2. The summed E-state index contributed by atoms with van der Waals surface area (Å²) >= 11 is 0. The van der Waals surface area contributed by atoms with Gasteiger partial charge in [0.05, 0.1) is 5.69 Å². The largest absolute Gasteiger partial charge is 2.00 e. The standard InChI is InChI=1S/C36H54N4.2ClH.Fe/c1-24(2)31-19-28(9)20-32(25(3)4)35(31)38-15-17-40(23-30-13-11-12-14-37-30)18-16-39-36-33(26(5)6)21-29(10)22-34(36)27(7)8;;;/h11-14,19-22,24-27,38-39H,15-18,23H2,1-10H3;2*1H;/q;;;+2/p-2. The maximum absolute atomic E-state index is 4.64. The van der Waals surface area contributed by atoms with Crippen LogP contribution >= 0.6 is 0 Å². The van der Waals surface area contributed by atoms with Gasteiger partial charge in [0.25, 0.3) is 0 Å². The van der Waals surface area contributed by atoms with Crippen LogP contribution in [-0.2, 0) is 23.6 Å². The van der Waals surface area contributed by atoms with Crippen LogP contribution in [0.2, 0.25) is 0 Å². The van der Waals surface area contributed by atoms with Gasteiger partial charge in [0, 0.05) is 50.3 Å². The average molecular weight is 670 g/mol. The van der Waals surface area contributed by atoms with Crippen molar-refractivity contribution in [1.82, 2.24) is 9.88 Å². The van der Waals surface area contributed by atoms with Gasteiger partial charge in [-0.25, -0.2) is 0 Å². The zero-order valence-electron chi connectivity index (χ0n) is 28.0. The Bertz CT molecular complexity index is 1100.